The highest BCUT2D eigenvalue weighted by Crippen LogP contribution is 2.36. The molecule has 2 aromatic rings. The third-order valence-corrected chi connectivity index (χ3v) is 7.41. The van der Waals surface area contributed by atoms with Gasteiger partial charge in [-0.3, -0.25) is 9.69 Å². The second kappa shape index (κ2) is 7.85. The second-order valence-corrected chi connectivity index (χ2v) is 9.07. The molecule has 5 nitrogen and oxygen atoms in total. The molecule has 6 heteroatoms. The minimum absolute atomic E-state index is 0.0673. The zero-order valence-electron chi connectivity index (χ0n) is 16.1. The molecule has 0 radical (unpaired) electrons. The van der Waals surface area contributed by atoms with Crippen molar-refractivity contribution in [3.8, 4) is 10.4 Å². The Kier molecular flexibility index (Phi) is 5.09. The van der Waals surface area contributed by atoms with E-state index in [1.807, 2.05) is 6.07 Å². The van der Waals surface area contributed by atoms with E-state index in [0.29, 0.717) is 0 Å². The number of benzene rings is 1. The fraction of sp³-hybridized carbons (Fsp3) is 0.500. The van der Waals surface area contributed by atoms with Crippen LogP contribution in [0.4, 0.5) is 5.69 Å². The van der Waals surface area contributed by atoms with Crippen molar-refractivity contribution in [2.75, 3.05) is 44.3 Å². The Morgan fingerprint density at radius 3 is 2.57 bits per heavy atom. The first-order valence-electron chi connectivity index (χ1n) is 10.3. The molecular weight excluding hydrogens is 370 g/mol. The lowest BCUT2D eigenvalue weighted by atomic mass is 9.86. The van der Waals surface area contributed by atoms with Gasteiger partial charge in [0.25, 0.3) is 5.91 Å². The summed E-state index contributed by atoms with van der Waals surface area (Å²) in [4.78, 5) is 19.6. The molecule has 1 unspecified atom stereocenters. The number of piperidine rings is 3. The van der Waals surface area contributed by atoms with Crippen molar-refractivity contribution in [3.05, 3.63) is 41.3 Å². The SMILES string of the molecule is O=C(NC1CC2CCN1CC2)c1ccc(-c2ccccc2N2CCOCC2)s1. The molecule has 1 atom stereocenters. The molecule has 1 N–H and O–H groups in total. The van der Waals surface area contributed by atoms with Gasteiger partial charge in [-0.1, -0.05) is 18.2 Å². The first-order valence-corrected chi connectivity index (χ1v) is 11.2. The maximum Gasteiger partial charge on any atom is 0.262 e. The summed E-state index contributed by atoms with van der Waals surface area (Å²) in [5, 5.41) is 3.28. The van der Waals surface area contributed by atoms with Crippen molar-refractivity contribution in [3.63, 3.8) is 0 Å². The van der Waals surface area contributed by atoms with Crippen LogP contribution in [0, 0.1) is 5.92 Å². The highest BCUT2D eigenvalue weighted by molar-refractivity contribution is 7.17. The number of fused-ring (bicyclic) bond motifs is 3. The van der Waals surface area contributed by atoms with E-state index in [9.17, 15) is 4.79 Å². The van der Waals surface area contributed by atoms with Crippen LogP contribution in [0.15, 0.2) is 36.4 Å². The number of anilines is 1. The van der Waals surface area contributed by atoms with Crippen molar-refractivity contribution in [1.82, 2.24) is 10.2 Å². The average Bonchev–Trinajstić information content (AvgIpc) is 3.26. The molecule has 1 amide bonds. The minimum Gasteiger partial charge on any atom is -0.378 e. The van der Waals surface area contributed by atoms with Crippen molar-refractivity contribution in [2.24, 2.45) is 5.92 Å². The molecule has 4 aliphatic heterocycles. The summed E-state index contributed by atoms with van der Waals surface area (Å²) in [5.74, 6) is 0.854. The van der Waals surface area contributed by atoms with Gasteiger partial charge in [0.05, 0.1) is 24.3 Å². The Morgan fingerprint density at radius 2 is 1.82 bits per heavy atom. The molecule has 28 heavy (non-hydrogen) atoms. The molecule has 1 aromatic carbocycles. The minimum atomic E-state index is 0.0673. The predicted octanol–water partition coefficient (Wildman–Crippen LogP) is 3.42. The summed E-state index contributed by atoms with van der Waals surface area (Å²) in [5.41, 5.74) is 2.43. The Balaban J connectivity index is 1.33. The van der Waals surface area contributed by atoms with E-state index in [0.717, 1.165) is 61.5 Å². The molecule has 2 bridgehead atoms. The third kappa shape index (κ3) is 3.56. The van der Waals surface area contributed by atoms with Crippen LogP contribution in [0.1, 0.15) is 28.9 Å². The van der Waals surface area contributed by atoms with Gasteiger partial charge in [0.15, 0.2) is 0 Å². The maximum absolute atomic E-state index is 12.9. The summed E-state index contributed by atoms with van der Waals surface area (Å²) in [7, 11) is 0. The number of carbonyl (C=O) groups excluding carboxylic acids is 1. The number of rotatable bonds is 4. The van der Waals surface area contributed by atoms with Gasteiger partial charge in [-0.15, -0.1) is 11.3 Å². The van der Waals surface area contributed by atoms with Crippen LogP contribution < -0.4 is 10.2 Å². The van der Waals surface area contributed by atoms with Crippen molar-refractivity contribution in [1.29, 1.82) is 0 Å². The van der Waals surface area contributed by atoms with Crippen molar-refractivity contribution < 1.29 is 9.53 Å². The smallest absolute Gasteiger partial charge is 0.262 e. The van der Waals surface area contributed by atoms with E-state index < -0.39 is 0 Å². The number of carbonyl (C=O) groups is 1. The lowest BCUT2D eigenvalue weighted by Gasteiger charge is -2.45. The molecule has 0 saturated carbocycles. The Bertz CT molecular complexity index is 838. The van der Waals surface area contributed by atoms with Gasteiger partial charge >= 0.3 is 0 Å². The van der Waals surface area contributed by atoms with Crippen molar-refractivity contribution >= 4 is 22.9 Å². The fourth-order valence-electron chi connectivity index (χ4n) is 4.70. The number of hydrogen-bond acceptors (Lipinski definition) is 5. The molecule has 4 aliphatic rings. The number of morpholine rings is 1. The highest BCUT2D eigenvalue weighted by Gasteiger charge is 2.34. The number of thiophene rings is 1. The van der Waals surface area contributed by atoms with E-state index in [1.54, 1.807) is 11.3 Å². The predicted molar refractivity (Wildman–Crippen MR) is 113 cm³/mol. The number of hydrogen-bond donors (Lipinski definition) is 1. The second-order valence-electron chi connectivity index (χ2n) is 7.98. The standard InChI is InChI=1S/C22H27N3O2S/c26-22(23-21-15-16-7-9-25(21)10-8-16)20-6-5-19(28-20)17-3-1-2-4-18(17)24-11-13-27-14-12-24/h1-6,16,21H,7-15H2,(H,23,26). The van der Waals surface area contributed by atoms with Gasteiger partial charge < -0.3 is 15.0 Å². The molecule has 4 saturated heterocycles. The van der Waals surface area contributed by atoms with Gasteiger partial charge in [-0.25, -0.2) is 0 Å². The molecule has 6 rings (SSSR count). The molecule has 148 valence electrons. The van der Waals surface area contributed by atoms with Gasteiger partial charge in [-0.05, 0) is 43.4 Å². The van der Waals surface area contributed by atoms with Crippen LogP contribution in [-0.4, -0.2) is 56.4 Å². The number of amides is 1. The summed E-state index contributed by atoms with van der Waals surface area (Å²) in [6.07, 6.45) is 3.89. The van der Waals surface area contributed by atoms with E-state index in [-0.39, 0.29) is 12.1 Å². The fourth-order valence-corrected chi connectivity index (χ4v) is 5.65. The van der Waals surface area contributed by atoms with Crippen LogP contribution in [0.25, 0.3) is 10.4 Å². The zero-order valence-corrected chi connectivity index (χ0v) is 16.9. The topological polar surface area (TPSA) is 44.8 Å². The van der Waals surface area contributed by atoms with Gasteiger partial charge in [0.2, 0.25) is 0 Å². The van der Waals surface area contributed by atoms with Crippen LogP contribution >= 0.6 is 11.3 Å². The number of para-hydroxylation sites is 1. The Labute approximate surface area is 170 Å². The maximum atomic E-state index is 12.9. The Hall–Kier alpha value is -1.89. The van der Waals surface area contributed by atoms with E-state index in [4.69, 9.17) is 4.74 Å². The van der Waals surface area contributed by atoms with E-state index in [1.165, 1.54) is 24.1 Å². The number of ether oxygens (including phenoxy) is 1. The summed E-state index contributed by atoms with van der Waals surface area (Å²) in [6, 6.07) is 12.6. The van der Waals surface area contributed by atoms with Crippen LogP contribution in [0.2, 0.25) is 0 Å². The molecular formula is C22H27N3O2S. The summed E-state index contributed by atoms with van der Waals surface area (Å²) >= 11 is 1.59. The lowest BCUT2D eigenvalue weighted by molar-refractivity contribution is 0.0296. The van der Waals surface area contributed by atoms with Gasteiger partial charge in [0, 0.05) is 42.3 Å². The zero-order chi connectivity index (χ0) is 18.9. The highest BCUT2D eigenvalue weighted by atomic mass is 32.1. The van der Waals surface area contributed by atoms with Gasteiger partial charge in [0.1, 0.15) is 0 Å². The average molecular weight is 398 g/mol. The molecule has 4 fully saturated rings. The summed E-state index contributed by atoms with van der Waals surface area (Å²) < 4.78 is 5.50. The molecule has 0 aliphatic carbocycles. The normalized spacial score (nSPS) is 27.0. The van der Waals surface area contributed by atoms with Crippen molar-refractivity contribution in [2.45, 2.75) is 25.4 Å². The monoisotopic (exact) mass is 397 g/mol. The first kappa shape index (κ1) is 18.2. The molecule has 1 aromatic heterocycles. The lowest BCUT2D eigenvalue weighted by Crippen LogP contribution is -2.56. The first-order chi connectivity index (χ1) is 13.8. The third-order valence-electron chi connectivity index (χ3n) is 6.30. The van der Waals surface area contributed by atoms with E-state index >= 15 is 0 Å². The number of nitrogens with zero attached hydrogens (tertiary/aromatic N) is 2. The van der Waals surface area contributed by atoms with E-state index in [2.05, 4.69) is 45.4 Å². The molecule has 5 heterocycles. The summed E-state index contributed by atoms with van der Waals surface area (Å²) in [6.45, 7) is 5.61. The van der Waals surface area contributed by atoms with Crippen LogP contribution in [0.3, 0.4) is 0 Å². The largest absolute Gasteiger partial charge is 0.378 e. The van der Waals surface area contributed by atoms with Gasteiger partial charge in [-0.2, -0.15) is 0 Å². The van der Waals surface area contributed by atoms with Crippen LogP contribution in [-0.2, 0) is 4.74 Å². The number of nitrogens with one attached hydrogen (secondary N) is 1. The molecule has 0 spiro atoms. The van der Waals surface area contributed by atoms with Crippen LogP contribution in [0.5, 0.6) is 0 Å². The quantitative estimate of drug-likeness (QED) is 0.859. The Morgan fingerprint density at radius 1 is 1.04 bits per heavy atom.